The van der Waals surface area contributed by atoms with Crippen molar-refractivity contribution in [3.05, 3.63) is 59.7 Å². The lowest BCUT2D eigenvalue weighted by atomic mass is 9.80. The zero-order valence-electron chi connectivity index (χ0n) is 18.6. The third-order valence-corrected chi connectivity index (χ3v) is 6.53. The van der Waals surface area contributed by atoms with Crippen LogP contribution < -0.4 is 10.6 Å². The molecule has 6 heteroatoms. The first-order valence-corrected chi connectivity index (χ1v) is 11.2. The van der Waals surface area contributed by atoms with Gasteiger partial charge < -0.3 is 15.4 Å². The molecule has 2 N–H and O–H groups in total. The van der Waals surface area contributed by atoms with Crippen LogP contribution in [0.2, 0.25) is 0 Å². The summed E-state index contributed by atoms with van der Waals surface area (Å²) in [4.78, 5) is 25.9. The van der Waals surface area contributed by atoms with Crippen LogP contribution in [0.5, 0.6) is 0 Å². The number of carbonyl (C=O) groups excluding carboxylic acids is 2. The molecular formula is C26H29N3O3. The third kappa shape index (κ3) is 4.20. The standard InChI is InChI=1S/C26H29N3O3/c1-25(2,17-27)28-23(30)26(14-8-3-9-15-26)29-24(31)32-16-22-20-12-6-4-10-18(20)19-11-5-7-13-21(19)22/h4-7,10-13,22H,3,8-9,14-16H2,1-2H3,(H,28,30)(H,29,31). The van der Waals surface area contributed by atoms with Crippen molar-refractivity contribution in [3.8, 4) is 17.2 Å². The maximum absolute atomic E-state index is 13.1. The highest BCUT2D eigenvalue weighted by Crippen LogP contribution is 2.44. The topological polar surface area (TPSA) is 91.2 Å². The van der Waals surface area contributed by atoms with E-state index in [0.29, 0.717) is 12.8 Å². The van der Waals surface area contributed by atoms with Gasteiger partial charge >= 0.3 is 6.09 Å². The van der Waals surface area contributed by atoms with Crippen molar-refractivity contribution in [3.63, 3.8) is 0 Å². The normalized spacial score (nSPS) is 16.9. The van der Waals surface area contributed by atoms with Crippen LogP contribution in [0.4, 0.5) is 4.79 Å². The predicted octanol–water partition coefficient (Wildman–Crippen LogP) is 4.65. The van der Waals surface area contributed by atoms with Crippen LogP contribution in [0, 0.1) is 11.3 Å². The predicted molar refractivity (Wildman–Crippen MR) is 122 cm³/mol. The Hall–Kier alpha value is -3.33. The monoisotopic (exact) mass is 431 g/mol. The second kappa shape index (κ2) is 8.66. The summed E-state index contributed by atoms with van der Waals surface area (Å²) >= 11 is 0. The van der Waals surface area contributed by atoms with Crippen molar-refractivity contribution >= 4 is 12.0 Å². The summed E-state index contributed by atoms with van der Waals surface area (Å²) in [7, 11) is 0. The number of rotatable bonds is 5. The summed E-state index contributed by atoms with van der Waals surface area (Å²) in [6.07, 6.45) is 3.16. The number of nitrogens with zero attached hydrogens (tertiary/aromatic N) is 1. The van der Waals surface area contributed by atoms with Crippen molar-refractivity contribution in [1.82, 2.24) is 10.6 Å². The van der Waals surface area contributed by atoms with Gasteiger partial charge in [0.1, 0.15) is 17.7 Å². The van der Waals surface area contributed by atoms with E-state index < -0.39 is 17.2 Å². The maximum atomic E-state index is 13.1. The van der Waals surface area contributed by atoms with Crippen molar-refractivity contribution in [2.75, 3.05) is 6.61 Å². The average Bonchev–Trinajstić information content (AvgIpc) is 3.12. The maximum Gasteiger partial charge on any atom is 0.408 e. The van der Waals surface area contributed by atoms with E-state index >= 15 is 0 Å². The molecule has 0 bridgehead atoms. The van der Waals surface area contributed by atoms with Crippen LogP contribution in [-0.4, -0.2) is 29.7 Å². The number of hydrogen-bond donors (Lipinski definition) is 2. The van der Waals surface area contributed by atoms with Crippen molar-refractivity contribution in [2.45, 2.75) is 62.9 Å². The first-order chi connectivity index (χ1) is 15.4. The van der Waals surface area contributed by atoms with E-state index in [4.69, 9.17) is 4.74 Å². The quantitative estimate of drug-likeness (QED) is 0.721. The molecule has 0 heterocycles. The smallest absolute Gasteiger partial charge is 0.408 e. The number of carbonyl (C=O) groups is 2. The van der Waals surface area contributed by atoms with Crippen LogP contribution in [0.1, 0.15) is 63.0 Å². The fourth-order valence-corrected chi connectivity index (χ4v) is 4.83. The Balaban J connectivity index is 1.48. The molecule has 32 heavy (non-hydrogen) atoms. The number of benzene rings is 2. The Morgan fingerprint density at radius 1 is 1.03 bits per heavy atom. The van der Waals surface area contributed by atoms with Crippen LogP contribution in [0.3, 0.4) is 0 Å². The van der Waals surface area contributed by atoms with Gasteiger partial charge in [0.15, 0.2) is 0 Å². The molecule has 2 aliphatic carbocycles. The summed E-state index contributed by atoms with van der Waals surface area (Å²) in [5, 5.41) is 14.9. The third-order valence-electron chi connectivity index (χ3n) is 6.53. The zero-order chi connectivity index (χ0) is 22.8. The Morgan fingerprint density at radius 3 is 2.16 bits per heavy atom. The van der Waals surface area contributed by atoms with E-state index in [0.717, 1.165) is 30.4 Å². The second-order valence-corrected chi connectivity index (χ2v) is 9.28. The van der Waals surface area contributed by atoms with Crippen LogP contribution in [0.25, 0.3) is 11.1 Å². The Bertz CT molecular complexity index is 1020. The van der Waals surface area contributed by atoms with Gasteiger partial charge in [0, 0.05) is 5.92 Å². The van der Waals surface area contributed by atoms with Crippen molar-refractivity contribution in [1.29, 1.82) is 5.26 Å². The number of nitrogens with one attached hydrogen (secondary N) is 2. The van der Waals surface area contributed by atoms with Crippen molar-refractivity contribution < 1.29 is 14.3 Å². The Kier molecular flexibility index (Phi) is 5.92. The molecule has 2 aromatic rings. The van der Waals surface area contributed by atoms with Gasteiger partial charge in [-0.15, -0.1) is 0 Å². The highest BCUT2D eigenvalue weighted by molar-refractivity contribution is 5.91. The lowest BCUT2D eigenvalue weighted by Gasteiger charge is -2.37. The Morgan fingerprint density at radius 2 is 1.59 bits per heavy atom. The van der Waals surface area contributed by atoms with Gasteiger partial charge in [-0.2, -0.15) is 5.26 Å². The Labute approximate surface area is 189 Å². The summed E-state index contributed by atoms with van der Waals surface area (Å²) in [5.41, 5.74) is 2.56. The van der Waals surface area contributed by atoms with Gasteiger partial charge in [-0.1, -0.05) is 67.8 Å². The van der Waals surface area contributed by atoms with E-state index in [1.807, 2.05) is 24.3 Å². The van der Waals surface area contributed by atoms with Gasteiger partial charge in [-0.3, -0.25) is 4.79 Å². The number of hydrogen-bond acceptors (Lipinski definition) is 4. The lowest BCUT2D eigenvalue weighted by molar-refractivity contribution is -0.130. The first kappa shape index (κ1) is 21.9. The van der Waals surface area contributed by atoms with Crippen LogP contribution in [0.15, 0.2) is 48.5 Å². The molecule has 0 aliphatic heterocycles. The molecule has 0 unspecified atom stereocenters. The van der Waals surface area contributed by atoms with E-state index in [9.17, 15) is 14.9 Å². The van der Waals surface area contributed by atoms with E-state index in [-0.39, 0.29) is 18.4 Å². The highest BCUT2D eigenvalue weighted by Gasteiger charge is 2.43. The molecule has 2 aromatic carbocycles. The number of nitriles is 1. The fourth-order valence-electron chi connectivity index (χ4n) is 4.83. The summed E-state index contributed by atoms with van der Waals surface area (Å²) in [6, 6.07) is 18.4. The molecule has 1 saturated carbocycles. The molecule has 0 saturated heterocycles. The van der Waals surface area contributed by atoms with Crippen LogP contribution >= 0.6 is 0 Å². The molecular weight excluding hydrogens is 402 g/mol. The molecule has 4 rings (SSSR count). The number of ether oxygens (including phenoxy) is 1. The van der Waals surface area contributed by atoms with Gasteiger partial charge in [0.25, 0.3) is 0 Å². The molecule has 6 nitrogen and oxygen atoms in total. The fraction of sp³-hybridized carbons (Fsp3) is 0.423. The summed E-state index contributed by atoms with van der Waals surface area (Å²) < 4.78 is 5.68. The second-order valence-electron chi connectivity index (χ2n) is 9.28. The highest BCUT2D eigenvalue weighted by atomic mass is 16.5. The van der Waals surface area contributed by atoms with E-state index in [1.165, 1.54) is 11.1 Å². The number of fused-ring (bicyclic) bond motifs is 3. The number of amides is 2. The molecule has 2 aliphatic rings. The minimum absolute atomic E-state index is 0.0400. The minimum atomic E-state index is -1.05. The molecule has 2 amide bonds. The minimum Gasteiger partial charge on any atom is -0.449 e. The molecule has 0 aromatic heterocycles. The van der Waals surface area contributed by atoms with Crippen molar-refractivity contribution in [2.24, 2.45) is 0 Å². The van der Waals surface area contributed by atoms with Gasteiger partial charge in [0.2, 0.25) is 5.91 Å². The van der Waals surface area contributed by atoms with Crippen LogP contribution in [-0.2, 0) is 9.53 Å². The lowest BCUT2D eigenvalue weighted by Crippen LogP contribution is -2.62. The van der Waals surface area contributed by atoms with E-state index in [1.54, 1.807) is 13.8 Å². The van der Waals surface area contributed by atoms with Gasteiger partial charge in [-0.25, -0.2) is 4.79 Å². The largest absolute Gasteiger partial charge is 0.449 e. The zero-order valence-corrected chi connectivity index (χ0v) is 18.6. The SMILES string of the molecule is CC(C)(C#N)NC(=O)C1(NC(=O)OCC2c3ccccc3-c3ccccc32)CCCCC1. The molecule has 0 atom stereocenters. The summed E-state index contributed by atoms with van der Waals surface area (Å²) in [5.74, 6) is -0.362. The molecule has 0 spiro atoms. The first-order valence-electron chi connectivity index (χ1n) is 11.2. The molecule has 0 radical (unpaired) electrons. The van der Waals surface area contributed by atoms with Gasteiger partial charge in [0.05, 0.1) is 6.07 Å². The molecule has 1 fully saturated rings. The number of alkyl carbamates (subject to hydrolysis) is 1. The summed E-state index contributed by atoms with van der Waals surface area (Å²) in [6.45, 7) is 3.49. The average molecular weight is 432 g/mol. The van der Waals surface area contributed by atoms with E-state index in [2.05, 4.69) is 41.0 Å². The molecule has 166 valence electrons. The van der Waals surface area contributed by atoms with Gasteiger partial charge in [-0.05, 0) is 48.9 Å².